The summed E-state index contributed by atoms with van der Waals surface area (Å²) < 4.78 is 44.9. The smallest absolute Gasteiger partial charge is 0.383 e. The van der Waals surface area contributed by atoms with E-state index in [0.29, 0.717) is 25.4 Å². The lowest BCUT2D eigenvalue weighted by Crippen LogP contribution is -2.18. The third-order valence-electron chi connectivity index (χ3n) is 1.96. The summed E-state index contributed by atoms with van der Waals surface area (Å²) in [5, 5.41) is 10.5. The Morgan fingerprint density at radius 2 is 2.17 bits per heavy atom. The molecule has 1 N–H and O–H groups in total. The van der Waals surface area contributed by atoms with Crippen molar-refractivity contribution in [2.45, 2.75) is 19.5 Å². The zero-order chi connectivity index (χ0) is 13.4. The summed E-state index contributed by atoms with van der Waals surface area (Å²) >= 11 is 0. The highest BCUT2D eigenvalue weighted by Crippen LogP contribution is 2.15. The van der Waals surface area contributed by atoms with E-state index in [2.05, 4.69) is 20.4 Å². The van der Waals surface area contributed by atoms with Gasteiger partial charge in [0.1, 0.15) is 0 Å². The molecule has 1 heterocycles. The molecule has 1 aromatic rings. The number of nitrogens with zero attached hydrogens (tertiary/aromatic N) is 3. The molecular formula is C9H15F3N4O2. The predicted molar refractivity (Wildman–Crippen MR) is 55.6 cm³/mol. The van der Waals surface area contributed by atoms with Crippen LogP contribution < -0.4 is 5.32 Å². The van der Waals surface area contributed by atoms with Gasteiger partial charge >= 0.3 is 6.36 Å². The van der Waals surface area contributed by atoms with E-state index in [1.807, 2.05) is 0 Å². The summed E-state index contributed by atoms with van der Waals surface area (Å²) in [5.74, 6) is 0. The van der Waals surface area contributed by atoms with Crippen LogP contribution in [0.2, 0.25) is 0 Å². The van der Waals surface area contributed by atoms with Crippen molar-refractivity contribution >= 4 is 0 Å². The molecule has 0 atom stereocenters. The monoisotopic (exact) mass is 268 g/mol. The Labute approximate surface area is 102 Å². The Bertz CT molecular complexity index is 343. The van der Waals surface area contributed by atoms with Gasteiger partial charge in [0.25, 0.3) is 0 Å². The van der Waals surface area contributed by atoms with Crippen molar-refractivity contribution in [3.8, 4) is 0 Å². The molecule has 6 nitrogen and oxygen atoms in total. The average Bonchev–Trinajstić information content (AvgIpc) is 2.71. The number of hydrogen-bond donors (Lipinski definition) is 1. The molecule has 0 aliphatic rings. The van der Waals surface area contributed by atoms with Crippen LogP contribution in [0.15, 0.2) is 6.20 Å². The first-order chi connectivity index (χ1) is 8.51. The lowest BCUT2D eigenvalue weighted by Gasteiger charge is -2.06. The first kappa shape index (κ1) is 14.9. The third-order valence-corrected chi connectivity index (χ3v) is 1.96. The number of ether oxygens (including phenoxy) is 2. The van der Waals surface area contributed by atoms with Crippen LogP contribution in [0.5, 0.6) is 0 Å². The highest BCUT2D eigenvalue weighted by atomic mass is 19.4. The van der Waals surface area contributed by atoms with E-state index >= 15 is 0 Å². The number of methoxy groups -OCH3 is 1. The second kappa shape index (κ2) is 7.29. The summed E-state index contributed by atoms with van der Waals surface area (Å²) in [5.41, 5.74) is 0.651. The second-order valence-electron chi connectivity index (χ2n) is 3.44. The Morgan fingerprint density at radius 1 is 1.39 bits per heavy atom. The topological polar surface area (TPSA) is 61.2 Å². The van der Waals surface area contributed by atoms with Crippen LogP contribution >= 0.6 is 0 Å². The minimum atomic E-state index is -4.61. The zero-order valence-electron chi connectivity index (χ0n) is 9.90. The number of alkyl halides is 3. The zero-order valence-corrected chi connectivity index (χ0v) is 9.90. The average molecular weight is 268 g/mol. The minimum Gasteiger partial charge on any atom is -0.383 e. The largest absolute Gasteiger partial charge is 0.522 e. The van der Waals surface area contributed by atoms with Gasteiger partial charge in [-0.3, -0.25) is 4.74 Å². The van der Waals surface area contributed by atoms with Crippen LogP contribution in [0.25, 0.3) is 0 Å². The molecule has 0 unspecified atom stereocenters. The van der Waals surface area contributed by atoms with Crippen molar-refractivity contribution in [3.63, 3.8) is 0 Å². The first-order valence-electron chi connectivity index (χ1n) is 5.30. The molecule has 1 rings (SSSR count). The van der Waals surface area contributed by atoms with E-state index in [4.69, 9.17) is 4.74 Å². The summed E-state index contributed by atoms with van der Waals surface area (Å²) in [6.45, 7) is 1.26. The molecule has 0 fully saturated rings. The van der Waals surface area contributed by atoms with Crippen molar-refractivity contribution in [2.75, 3.05) is 26.9 Å². The quantitative estimate of drug-likeness (QED) is 0.698. The fourth-order valence-corrected chi connectivity index (χ4v) is 1.17. The van der Waals surface area contributed by atoms with Crippen molar-refractivity contribution < 1.29 is 22.6 Å². The number of hydrogen-bond acceptors (Lipinski definition) is 5. The van der Waals surface area contributed by atoms with Gasteiger partial charge in [-0.1, -0.05) is 5.21 Å². The van der Waals surface area contributed by atoms with Crippen LogP contribution in [0, 0.1) is 0 Å². The van der Waals surface area contributed by atoms with Gasteiger partial charge in [-0.2, -0.15) is 0 Å². The van der Waals surface area contributed by atoms with Crippen LogP contribution in [-0.4, -0.2) is 48.2 Å². The van der Waals surface area contributed by atoms with E-state index in [-0.39, 0.29) is 6.54 Å². The minimum absolute atomic E-state index is 0.00454. The van der Waals surface area contributed by atoms with Crippen LogP contribution in [0.4, 0.5) is 13.2 Å². The molecule has 0 bridgehead atoms. The maximum Gasteiger partial charge on any atom is 0.522 e. The molecule has 0 aliphatic heterocycles. The number of aromatic nitrogens is 3. The fraction of sp³-hybridized carbons (Fsp3) is 0.778. The maximum atomic E-state index is 11.7. The Balaban J connectivity index is 2.21. The molecule has 0 amide bonds. The molecular weight excluding hydrogens is 253 g/mol. The molecule has 0 spiro atoms. The Kier molecular flexibility index (Phi) is 6.02. The van der Waals surface area contributed by atoms with Crippen LogP contribution in [0.3, 0.4) is 0 Å². The molecule has 0 aromatic carbocycles. The van der Waals surface area contributed by atoms with Gasteiger partial charge in [0.05, 0.1) is 25.5 Å². The highest BCUT2D eigenvalue weighted by Gasteiger charge is 2.28. The lowest BCUT2D eigenvalue weighted by molar-refractivity contribution is -0.325. The van der Waals surface area contributed by atoms with Crippen molar-refractivity contribution in [1.82, 2.24) is 20.3 Å². The maximum absolute atomic E-state index is 11.7. The third kappa shape index (κ3) is 6.52. The molecule has 104 valence electrons. The van der Waals surface area contributed by atoms with E-state index in [1.165, 1.54) is 4.68 Å². The van der Waals surface area contributed by atoms with E-state index in [9.17, 15) is 13.2 Å². The van der Waals surface area contributed by atoms with Crippen molar-refractivity contribution in [3.05, 3.63) is 11.9 Å². The predicted octanol–water partition coefficient (Wildman–Crippen LogP) is 0.550. The Hall–Kier alpha value is -1.19. The standard InChI is InChI=1S/C9H15F3N4O2/c1-17-4-2-13-6-8-7-16(15-14-8)3-5-18-9(10,11)12/h7,13H,2-6H2,1H3. The van der Waals surface area contributed by atoms with Gasteiger partial charge in [0.15, 0.2) is 0 Å². The highest BCUT2D eigenvalue weighted by molar-refractivity contribution is 4.91. The summed E-state index contributed by atoms with van der Waals surface area (Å²) in [6, 6.07) is 0. The van der Waals surface area contributed by atoms with Gasteiger partial charge < -0.3 is 10.1 Å². The number of halogens is 3. The summed E-state index contributed by atoms with van der Waals surface area (Å²) in [6.07, 6.45) is -3.04. The molecule has 0 saturated carbocycles. The van der Waals surface area contributed by atoms with Gasteiger partial charge in [0, 0.05) is 26.4 Å². The van der Waals surface area contributed by atoms with Crippen LogP contribution in [0.1, 0.15) is 5.69 Å². The lowest BCUT2D eigenvalue weighted by atomic mass is 10.4. The Morgan fingerprint density at radius 3 is 2.83 bits per heavy atom. The summed E-state index contributed by atoms with van der Waals surface area (Å²) in [7, 11) is 1.60. The van der Waals surface area contributed by atoms with Crippen molar-refractivity contribution in [1.29, 1.82) is 0 Å². The van der Waals surface area contributed by atoms with Gasteiger partial charge in [0.2, 0.25) is 0 Å². The van der Waals surface area contributed by atoms with E-state index in [1.54, 1.807) is 13.3 Å². The molecule has 0 saturated heterocycles. The molecule has 0 aliphatic carbocycles. The van der Waals surface area contributed by atoms with Gasteiger partial charge in [-0.05, 0) is 0 Å². The van der Waals surface area contributed by atoms with E-state index < -0.39 is 13.0 Å². The SMILES string of the molecule is COCCNCc1cn(CCOC(F)(F)F)nn1. The summed E-state index contributed by atoms with van der Waals surface area (Å²) in [4.78, 5) is 0. The fourth-order valence-electron chi connectivity index (χ4n) is 1.17. The van der Waals surface area contributed by atoms with Crippen LogP contribution in [-0.2, 0) is 22.6 Å². The molecule has 18 heavy (non-hydrogen) atoms. The van der Waals surface area contributed by atoms with E-state index in [0.717, 1.165) is 0 Å². The second-order valence-corrected chi connectivity index (χ2v) is 3.44. The number of nitrogens with one attached hydrogen (secondary N) is 1. The molecule has 1 aromatic heterocycles. The molecule has 9 heteroatoms. The first-order valence-corrected chi connectivity index (χ1v) is 5.30. The molecule has 0 radical (unpaired) electrons. The van der Waals surface area contributed by atoms with Crippen molar-refractivity contribution in [2.24, 2.45) is 0 Å². The number of rotatable bonds is 8. The van der Waals surface area contributed by atoms with Gasteiger partial charge in [-0.15, -0.1) is 18.3 Å². The normalized spacial score (nSPS) is 12.0. The van der Waals surface area contributed by atoms with Gasteiger partial charge in [-0.25, -0.2) is 4.68 Å².